The molecule has 19 heavy (non-hydrogen) atoms. The summed E-state index contributed by atoms with van der Waals surface area (Å²) >= 11 is 2.32. The summed E-state index contributed by atoms with van der Waals surface area (Å²) in [6, 6.07) is 8.47. The first-order valence-corrected chi connectivity index (χ1v) is 7.54. The Bertz CT molecular complexity index is 524. The highest BCUT2D eigenvalue weighted by atomic mass is 127. The molecule has 1 aromatic heterocycles. The summed E-state index contributed by atoms with van der Waals surface area (Å²) in [5, 5.41) is 0. The Balaban J connectivity index is 2.17. The zero-order chi connectivity index (χ0) is 13.7. The van der Waals surface area contributed by atoms with Crippen molar-refractivity contribution in [2.75, 3.05) is 0 Å². The number of nitrogens with zero attached hydrogens (tertiary/aromatic N) is 2. The largest absolute Gasteiger partial charge is 0.335 e. The van der Waals surface area contributed by atoms with E-state index >= 15 is 0 Å². The van der Waals surface area contributed by atoms with Gasteiger partial charge < -0.3 is 4.57 Å². The van der Waals surface area contributed by atoms with Gasteiger partial charge in [-0.2, -0.15) is 0 Å². The molecule has 4 nitrogen and oxygen atoms in total. The van der Waals surface area contributed by atoms with Gasteiger partial charge in [-0.25, -0.2) is 4.98 Å². The number of nitrogens with one attached hydrogen (secondary N) is 1. The summed E-state index contributed by atoms with van der Waals surface area (Å²) < 4.78 is 3.41. The summed E-state index contributed by atoms with van der Waals surface area (Å²) in [5.41, 5.74) is 4.09. The number of hydrazine groups is 1. The Morgan fingerprint density at radius 3 is 3.00 bits per heavy atom. The van der Waals surface area contributed by atoms with Crippen LogP contribution in [-0.2, 0) is 13.0 Å². The van der Waals surface area contributed by atoms with Crippen molar-refractivity contribution in [2.24, 2.45) is 5.84 Å². The van der Waals surface area contributed by atoms with Gasteiger partial charge in [0, 0.05) is 28.9 Å². The third kappa shape index (κ3) is 3.77. The number of hydrogen-bond acceptors (Lipinski definition) is 3. The first kappa shape index (κ1) is 14.5. The molecule has 2 aromatic rings. The predicted octanol–water partition coefficient (Wildman–Crippen LogP) is 2.64. The molecule has 5 heteroatoms. The van der Waals surface area contributed by atoms with Crippen LogP contribution in [0.15, 0.2) is 36.7 Å². The van der Waals surface area contributed by atoms with Gasteiger partial charge in [-0.15, -0.1) is 0 Å². The van der Waals surface area contributed by atoms with Crippen LogP contribution in [0.5, 0.6) is 0 Å². The number of benzene rings is 1. The summed E-state index contributed by atoms with van der Waals surface area (Å²) in [6.07, 6.45) is 5.78. The highest BCUT2D eigenvalue weighted by Gasteiger charge is 2.14. The zero-order valence-corrected chi connectivity index (χ0v) is 13.2. The average Bonchev–Trinajstić information content (AvgIpc) is 2.84. The molecule has 1 heterocycles. The fraction of sp³-hybridized carbons (Fsp3) is 0.357. The second-order valence-electron chi connectivity index (χ2n) is 4.52. The van der Waals surface area contributed by atoms with Crippen LogP contribution in [0.2, 0.25) is 0 Å². The average molecular weight is 370 g/mol. The van der Waals surface area contributed by atoms with Crippen LogP contribution >= 0.6 is 22.6 Å². The lowest BCUT2D eigenvalue weighted by Crippen LogP contribution is -2.30. The minimum absolute atomic E-state index is 0.0905. The Hall–Kier alpha value is -0.920. The van der Waals surface area contributed by atoms with Gasteiger partial charge >= 0.3 is 0 Å². The van der Waals surface area contributed by atoms with E-state index in [-0.39, 0.29) is 6.04 Å². The molecular weight excluding hydrogens is 351 g/mol. The van der Waals surface area contributed by atoms with E-state index in [0.717, 1.165) is 25.2 Å². The minimum atomic E-state index is 0.0905. The molecule has 0 aliphatic rings. The fourth-order valence-corrected chi connectivity index (χ4v) is 2.72. The van der Waals surface area contributed by atoms with Crippen LogP contribution in [-0.4, -0.2) is 9.55 Å². The molecule has 0 saturated carbocycles. The van der Waals surface area contributed by atoms with Crippen molar-refractivity contribution < 1.29 is 0 Å². The first-order valence-electron chi connectivity index (χ1n) is 6.46. The van der Waals surface area contributed by atoms with Gasteiger partial charge in [0.2, 0.25) is 0 Å². The Labute approximate surface area is 127 Å². The maximum absolute atomic E-state index is 5.71. The van der Waals surface area contributed by atoms with E-state index in [2.05, 4.69) is 68.8 Å². The molecule has 0 saturated heterocycles. The molecule has 2 rings (SSSR count). The van der Waals surface area contributed by atoms with Gasteiger partial charge in [-0.05, 0) is 46.7 Å². The number of aryl methyl sites for hydroxylation is 1. The summed E-state index contributed by atoms with van der Waals surface area (Å²) in [7, 11) is 0. The lowest BCUT2D eigenvalue weighted by atomic mass is 10.0. The van der Waals surface area contributed by atoms with E-state index in [1.165, 1.54) is 9.13 Å². The monoisotopic (exact) mass is 370 g/mol. The van der Waals surface area contributed by atoms with E-state index in [0.29, 0.717) is 0 Å². The highest BCUT2D eigenvalue weighted by molar-refractivity contribution is 14.1. The second-order valence-corrected chi connectivity index (χ2v) is 5.76. The SMILES string of the molecule is CCCn1ccnc1CC(NN)c1cccc(I)c1. The van der Waals surface area contributed by atoms with Crippen molar-refractivity contribution in [1.82, 2.24) is 15.0 Å². The third-order valence-corrected chi connectivity index (χ3v) is 3.78. The van der Waals surface area contributed by atoms with Crippen LogP contribution in [0, 0.1) is 3.57 Å². The van der Waals surface area contributed by atoms with Gasteiger partial charge in [0.25, 0.3) is 0 Å². The zero-order valence-electron chi connectivity index (χ0n) is 11.0. The van der Waals surface area contributed by atoms with Gasteiger partial charge in [-0.3, -0.25) is 11.3 Å². The van der Waals surface area contributed by atoms with Crippen LogP contribution in [0.3, 0.4) is 0 Å². The number of imidazole rings is 1. The highest BCUT2D eigenvalue weighted by Crippen LogP contribution is 2.19. The number of hydrogen-bond donors (Lipinski definition) is 2. The Morgan fingerprint density at radius 1 is 1.47 bits per heavy atom. The Morgan fingerprint density at radius 2 is 2.32 bits per heavy atom. The van der Waals surface area contributed by atoms with E-state index in [1.807, 2.05) is 12.4 Å². The molecule has 0 bridgehead atoms. The summed E-state index contributed by atoms with van der Waals surface area (Å²) in [6.45, 7) is 3.17. The van der Waals surface area contributed by atoms with E-state index in [4.69, 9.17) is 5.84 Å². The molecule has 0 radical (unpaired) electrons. The molecule has 1 unspecified atom stereocenters. The van der Waals surface area contributed by atoms with Crippen molar-refractivity contribution >= 4 is 22.6 Å². The number of aromatic nitrogens is 2. The molecule has 0 amide bonds. The number of nitrogens with two attached hydrogens (primary N) is 1. The number of rotatable bonds is 6. The van der Waals surface area contributed by atoms with Gasteiger partial charge in [-0.1, -0.05) is 19.1 Å². The lowest BCUT2D eigenvalue weighted by molar-refractivity contribution is 0.517. The van der Waals surface area contributed by atoms with Gasteiger partial charge in [0.05, 0.1) is 6.04 Å². The van der Waals surface area contributed by atoms with Crippen LogP contribution in [0.4, 0.5) is 0 Å². The van der Waals surface area contributed by atoms with Gasteiger partial charge in [0.15, 0.2) is 0 Å². The van der Waals surface area contributed by atoms with Crippen LogP contribution < -0.4 is 11.3 Å². The summed E-state index contributed by atoms with van der Waals surface area (Å²) in [4.78, 5) is 4.44. The maximum atomic E-state index is 5.71. The van der Waals surface area contributed by atoms with Crippen molar-refractivity contribution in [3.05, 3.63) is 51.6 Å². The smallest absolute Gasteiger partial charge is 0.110 e. The second kappa shape index (κ2) is 7.02. The van der Waals surface area contributed by atoms with Crippen molar-refractivity contribution in [2.45, 2.75) is 32.4 Å². The van der Waals surface area contributed by atoms with E-state index in [9.17, 15) is 0 Å². The Kier molecular flexibility index (Phi) is 5.35. The minimum Gasteiger partial charge on any atom is -0.335 e. The topological polar surface area (TPSA) is 55.9 Å². The molecular formula is C14H19IN4. The van der Waals surface area contributed by atoms with E-state index < -0.39 is 0 Å². The van der Waals surface area contributed by atoms with Crippen molar-refractivity contribution in [1.29, 1.82) is 0 Å². The first-order chi connectivity index (χ1) is 9.24. The molecule has 102 valence electrons. The molecule has 0 aliphatic heterocycles. The van der Waals surface area contributed by atoms with E-state index in [1.54, 1.807) is 0 Å². The molecule has 3 N–H and O–H groups in total. The third-order valence-electron chi connectivity index (χ3n) is 3.11. The molecule has 1 aromatic carbocycles. The fourth-order valence-electron chi connectivity index (χ4n) is 2.15. The molecule has 1 atom stereocenters. The normalized spacial score (nSPS) is 12.6. The van der Waals surface area contributed by atoms with Crippen molar-refractivity contribution in [3.63, 3.8) is 0 Å². The van der Waals surface area contributed by atoms with Crippen LogP contribution in [0.1, 0.15) is 30.8 Å². The predicted molar refractivity (Wildman–Crippen MR) is 85.4 cm³/mol. The summed E-state index contributed by atoms with van der Waals surface area (Å²) in [5.74, 6) is 6.78. The quantitative estimate of drug-likeness (QED) is 0.467. The standard InChI is InChI=1S/C14H19IN4/c1-2-7-19-8-6-17-14(19)10-13(18-16)11-4-3-5-12(15)9-11/h3-6,8-9,13,18H,2,7,10,16H2,1H3. The molecule has 0 fully saturated rings. The van der Waals surface area contributed by atoms with Crippen molar-refractivity contribution in [3.8, 4) is 0 Å². The maximum Gasteiger partial charge on any atom is 0.110 e. The van der Waals surface area contributed by atoms with Gasteiger partial charge in [0.1, 0.15) is 5.82 Å². The van der Waals surface area contributed by atoms with Crippen LogP contribution in [0.25, 0.3) is 0 Å². The molecule has 0 aliphatic carbocycles. The lowest BCUT2D eigenvalue weighted by Gasteiger charge is -2.17. The number of halogens is 1. The molecule has 0 spiro atoms.